The molecule has 4 rings (SSSR count). The summed E-state index contributed by atoms with van der Waals surface area (Å²) in [5.74, 6) is 0.0746. The highest BCUT2D eigenvalue weighted by molar-refractivity contribution is 5.84. The molecular weight excluding hydrogens is 524 g/mol. The van der Waals surface area contributed by atoms with Gasteiger partial charge in [0, 0.05) is 30.3 Å². The molecular formula is C32H38N2O7. The number of likely N-dealkylation sites (N-methyl/N-ethyl adjacent to an activating group) is 1. The largest absolute Gasteiger partial charge is 0.508 e. The van der Waals surface area contributed by atoms with Crippen molar-refractivity contribution in [2.24, 2.45) is 5.92 Å². The highest BCUT2D eigenvalue weighted by Gasteiger charge is 2.39. The lowest BCUT2D eigenvalue weighted by atomic mass is 9.90. The van der Waals surface area contributed by atoms with Crippen molar-refractivity contribution in [3.63, 3.8) is 0 Å². The lowest BCUT2D eigenvalue weighted by Crippen LogP contribution is -2.44. The van der Waals surface area contributed by atoms with Gasteiger partial charge in [-0.1, -0.05) is 68.1 Å². The maximum Gasteiger partial charge on any atom is 0.411 e. The summed E-state index contributed by atoms with van der Waals surface area (Å²) in [5, 5.41) is 32.7. The minimum absolute atomic E-state index is 0.0350. The molecule has 0 unspecified atom stereocenters. The number of anilines is 1. The van der Waals surface area contributed by atoms with Crippen LogP contribution in [0.25, 0.3) is 0 Å². The number of nitrogens with zero attached hydrogens (tertiary/aromatic N) is 1. The summed E-state index contributed by atoms with van der Waals surface area (Å²) in [6, 6.07) is 21.5. The monoisotopic (exact) mass is 562 g/mol. The average Bonchev–Trinajstić information content (AvgIpc) is 2.97. The lowest BCUT2D eigenvalue weighted by Gasteiger charge is -2.42. The van der Waals surface area contributed by atoms with E-state index in [0.717, 1.165) is 16.7 Å². The van der Waals surface area contributed by atoms with E-state index < -0.39 is 18.5 Å². The molecule has 1 aliphatic rings. The highest BCUT2D eigenvalue weighted by atomic mass is 16.7. The first-order valence-corrected chi connectivity index (χ1v) is 13.6. The van der Waals surface area contributed by atoms with Crippen LogP contribution in [0.1, 0.15) is 47.7 Å². The second-order valence-corrected chi connectivity index (χ2v) is 10.3. The van der Waals surface area contributed by atoms with Gasteiger partial charge >= 0.3 is 6.09 Å². The Bertz CT molecular complexity index is 1280. The molecule has 1 saturated heterocycles. The predicted octanol–water partition coefficient (Wildman–Crippen LogP) is 5.08. The molecule has 0 bridgehead atoms. The van der Waals surface area contributed by atoms with Gasteiger partial charge in [-0.15, -0.1) is 0 Å². The summed E-state index contributed by atoms with van der Waals surface area (Å²) >= 11 is 0. The van der Waals surface area contributed by atoms with Gasteiger partial charge in [0.1, 0.15) is 12.4 Å². The van der Waals surface area contributed by atoms with Crippen molar-refractivity contribution >= 4 is 11.8 Å². The number of ether oxygens (including phenoxy) is 3. The van der Waals surface area contributed by atoms with Crippen molar-refractivity contribution in [1.29, 1.82) is 0 Å². The second-order valence-electron chi connectivity index (χ2n) is 10.3. The van der Waals surface area contributed by atoms with Crippen molar-refractivity contribution in [2.75, 3.05) is 32.1 Å². The number of phenolic OH excluding ortho intramolecular Hbond substituents is 1. The third-order valence-electron chi connectivity index (χ3n) is 7.12. The molecule has 9 nitrogen and oxygen atoms in total. The topological polar surface area (TPSA) is 121 Å². The third-order valence-corrected chi connectivity index (χ3v) is 7.12. The van der Waals surface area contributed by atoms with Crippen LogP contribution in [0.2, 0.25) is 0 Å². The molecule has 1 aliphatic heterocycles. The van der Waals surface area contributed by atoms with Gasteiger partial charge in [0.05, 0.1) is 24.9 Å². The van der Waals surface area contributed by atoms with E-state index in [4.69, 9.17) is 14.2 Å². The predicted molar refractivity (Wildman–Crippen MR) is 155 cm³/mol. The van der Waals surface area contributed by atoms with E-state index in [1.807, 2.05) is 48.3 Å². The molecule has 0 aliphatic carbocycles. The number of hydrogen-bond acceptors (Lipinski definition) is 8. The lowest BCUT2D eigenvalue weighted by molar-refractivity contribution is -0.276. The zero-order valence-electron chi connectivity index (χ0n) is 23.3. The molecule has 0 radical (unpaired) electrons. The van der Waals surface area contributed by atoms with Gasteiger partial charge in [0.15, 0.2) is 6.29 Å². The maximum absolute atomic E-state index is 11.9. The number of nitrogens with one attached hydrogen (secondary N) is 1. The Morgan fingerprint density at radius 2 is 1.80 bits per heavy atom. The Labute approximate surface area is 240 Å². The van der Waals surface area contributed by atoms with E-state index in [2.05, 4.69) is 18.8 Å². The quantitative estimate of drug-likeness (QED) is 0.239. The molecule has 5 atom stereocenters. The molecule has 41 heavy (non-hydrogen) atoms. The number of hydrogen-bond donors (Lipinski definition) is 4. The average molecular weight is 563 g/mol. The summed E-state index contributed by atoms with van der Waals surface area (Å²) in [6.07, 6.45) is -1.06. The van der Waals surface area contributed by atoms with Crippen molar-refractivity contribution < 1.29 is 34.3 Å². The maximum atomic E-state index is 11.9. The first-order chi connectivity index (χ1) is 19.8. The number of aliphatic hydroxyl groups is 2. The fourth-order valence-electron chi connectivity index (χ4n) is 4.85. The number of carbonyl (C=O) groups is 1. The van der Waals surface area contributed by atoms with Gasteiger partial charge in [0.25, 0.3) is 0 Å². The fourth-order valence-corrected chi connectivity index (χ4v) is 4.85. The van der Waals surface area contributed by atoms with Crippen molar-refractivity contribution in [1.82, 2.24) is 4.90 Å². The van der Waals surface area contributed by atoms with Gasteiger partial charge in [-0.05, 0) is 48.0 Å². The molecule has 4 N–H and O–H groups in total. The fraction of sp³-hybridized carbons (Fsp3) is 0.344. The first kappa shape index (κ1) is 30.2. The van der Waals surface area contributed by atoms with E-state index in [9.17, 15) is 20.1 Å². The van der Waals surface area contributed by atoms with E-state index in [1.165, 1.54) is 6.08 Å². The minimum atomic E-state index is -0.780. The molecule has 1 amide bonds. The number of phenols is 1. The van der Waals surface area contributed by atoms with Crippen LogP contribution in [0, 0.1) is 5.92 Å². The van der Waals surface area contributed by atoms with Crippen LogP contribution in [0.4, 0.5) is 10.5 Å². The Hall–Kier alpha value is -3.73. The molecule has 9 heteroatoms. The minimum Gasteiger partial charge on any atom is -0.508 e. The SMILES string of the molecule is C=CCOC(=O)Nc1ccc([C@@H]2O[C@H](CN(C)C[C@@H](O)c3cccc(O)c3)[C@H](C)[C@H](c3ccc(CO)cc3)O2)cc1. The normalized spacial score (nSPS) is 21.3. The number of benzene rings is 3. The molecule has 0 spiro atoms. The number of carbonyl (C=O) groups excluding carboxylic acids is 1. The van der Waals surface area contributed by atoms with Gasteiger partial charge in [0.2, 0.25) is 0 Å². The van der Waals surface area contributed by atoms with Crippen LogP contribution in [0.3, 0.4) is 0 Å². The van der Waals surface area contributed by atoms with Crippen LogP contribution in [-0.4, -0.2) is 59.2 Å². The van der Waals surface area contributed by atoms with Crippen LogP contribution < -0.4 is 5.32 Å². The molecule has 218 valence electrons. The van der Waals surface area contributed by atoms with E-state index in [0.29, 0.717) is 24.3 Å². The molecule has 1 heterocycles. The van der Waals surface area contributed by atoms with Crippen LogP contribution >= 0.6 is 0 Å². The zero-order valence-corrected chi connectivity index (χ0v) is 23.3. The molecule has 3 aromatic rings. The van der Waals surface area contributed by atoms with Crippen molar-refractivity contribution in [2.45, 2.75) is 38.1 Å². The zero-order chi connectivity index (χ0) is 29.4. The number of rotatable bonds is 11. The summed E-state index contributed by atoms with van der Waals surface area (Å²) in [7, 11) is 1.92. The first-order valence-electron chi connectivity index (χ1n) is 13.6. The van der Waals surface area contributed by atoms with Gasteiger partial charge in [-0.25, -0.2) is 4.79 Å². The Morgan fingerprint density at radius 1 is 1.10 bits per heavy atom. The standard InChI is InChI=1S/C32H38N2O7/c1-4-16-39-32(38)33-26-14-12-24(13-15-26)31-40-29(19-34(3)18-28(37)25-6-5-7-27(36)17-25)21(2)30(41-31)23-10-8-22(20-35)9-11-23/h4-15,17,21,28-31,35-37H,1,16,18-20H2,2-3H3,(H,33,38)/t21-,28+,29+,30+,31+/m0/s1. The molecule has 3 aromatic carbocycles. The van der Waals surface area contributed by atoms with Gasteiger partial charge < -0.3 is 34.4 Å². The second kappa shape index (κ2) is 14.2. The van der Waals surface area contributed by atoms with Crippen molar-refractivity contribution in [3.05, 3.63) is 108 Å². The Balaban J connectivity index is 1.51. The summed E-state index contributed by atoms with van der Waals surface area (Å²) in [5.41, 5.74) is 3.78. The Morgan fingerprint density at radius 3 is 2.46 bits per heavy atom. The third kappa shape index (κ3) is 8.16. The summed E-state index contributed by atoms with van der Waals surface area (Å²) in [6.45, 7) is 6.56. The van der Waals surface area contributed by atoms with Gasteiger partial charge in [-0.2, -0.15) is 0 Å². The molecule has 0 saturated carbocycles. The van der Waals surface area contributed by atoms with Crippen LogP contribution in [0.5, 0.6) is 5.75 Å². The number of aliphatic hydroxyl groups excluding tert-OH is 2. The van der Waals surface area contributed by atoms with E-state index in [-0.39, 0.29) is 37.1 Å². The highest BCUT2D eigenvalue weighted by Crippen LogP contribution is 2.42. The van der Waals surface area contributed by atoms with Crippen molar-refractivity contribution in [3.8, 4) is 5.75 Å². The Kier molecular flexibility index (Phi) is 10.5. The van der Waals surface area contributed by atoms with Crippen LogP contribution in [0.15, 0.2) is 85.5 Å². The summed E-state index contributed by atoms with van der Waals surface area (Å²) < 4.78 is 18.0. The smallest absolute Gasteiger partial charge is 0.411 e. The summed E-state index contributed by atoms with van der Waals surface area (Å²) in [4.78, 5) is 13.9. The number of amides is 1. The van der Waals surface area contributed by atoms with Gasteiger partial charge in [-0.3, -0.25) is 5.32 Å². The van der Waals surface area contributed by atoms with Crippen LogP contribution in [-0.2, 0) is 20.8 Å². The molecule has 1 fully saturated rings. The molecule has 0 aromatic heterocycles. The van der Waals surface area contributed by atoms with E-state index >= 15 is 0 Å². The number of aromatic hydroxyl groups is 1. The van der Waals surface area contributed by atoms with E-state index in [1.54, 1.807) is 36.4 Å².